The van der Waals surface area contributed by atoms with Gasteiger partial charge in [-0.1, -0.05) is 48.0 Å². The maximum Gasteiger partial charge on any atom is 0.251 e. The van der Waals surface area contributed by atoms with E-state index in [0.717, 1.165) is 23.1 Å². The fourth-order valence-corrected chi connectivity index (χ4v) is 3.31. The van der Waals surface area contributed by atoms with Crippen molar-refractivity contribution >= 4 is 41.0 Å². The summed E-state index contributed by atoms with van der Waals surface area (Å²) in [5.74, 6) is -1.79. The lowest BCUT2D eigenvalue weighted by molar-refractivity contribution is -0.130. The van der Waals surface area contributed by atoms with Crippen molar-refractivity contribution in [3.63, 3.8) is 0 Å². The highest BCUT2D eigenvalue weighted by Crippen LogP contribution is 2.25. The number of hydrogen-bond acceptors (Lipinski definition) is 4. The highest BCUT2D eigenvalue weighted by atomic mass is 32.1. The molecular formula is C21H21N3O2S. The van der Waals surface area contributed by atoms with Gasteiger partial charge in [0.2, 0.25) is 5.91 Å². The fourth-order valence-electron chi connectivity index (χ4n) is 3.02. The molecule has 1 saturated heterocycles. The number of rotatable bonds is 5. The molecule has 1 fully saturated rings. The van der Waals surface area contributed by atoms with Gasteiger partial charge in [-0.2, -0.15) is 0 Å². The lowest BCUT2D eigenvalue weighted by Crippen LogP contribution is -2.58. The molecule has 27 heavy (non-hydrogen) atoms. The Morgan fingerprint density at radius 3 is 2.59 bits per heavy atom. The van der Waals surface area contributed by atoms with Crippen LogP contribution in [0, 0.1) is 19.8 Å². The number of carbonyl (C=O) groups is 2. The van der Waals surface area contributed by atoms with Gasteiger partial charge in [-0.25, -0.2) is 0 Å². The van der Waals surface area contributed by atoms with Crippen molar-refractivity contribution in [2.75, 3.05) is 11.4 Å². The Bertz CT molecular complexity index is 909. The fraction of sp³-hybridized carbons (Fsp3) is 0.238. The maximum absolute atomic E-state index is 12.9. The Balaban J connectivity index is 1.75. The first-order valence-electron chi connectivity index (χ1n) is 8.77. The van der Waals surface area contributed by atoms with Crippen LogP contribution in [0.5, 0.6) is 0 Å². The highest BCUT2D eigenvalue weighted by molar-refractivity contribution is 7.80. The molecule has 2 aromatic carbocycles. The van der Waals surface area contributed by atoms with E-state index in [0.29, 0.717) is 12.2 Å². The van der Waals surface area contributed by atoms with Crippen LogP contribution in [0.4, 0.5) is 5.69 Å². The van der Waals surface area contributed by atoms with Crippen LogP contribution >= 0.6 is 12.2 Å². The first-order valence-corrected chi connectivity index (χ1v) is 9.18. The molecule has 5 nitrogen and oxygen atoms in total. The van der Waals surface area contributed by atoms with Gasteiger partial charge in [0.15, 0.2) is 11.0 Å². The van der Waals surface area contributed by atoms with Crippen molar-refractivity contribution in [3.8, 4) is 0 Å². The molecule has 1 N–H and O–H groups in total. The molecule has 0 unspecified atom stereocenters. The van der Waals surface area contributed by atoms with Gasteiger partial charge in [0.1, 0.15) is 0 Å². The molecule has 2 amide bonds. The molecule has 0 bridgehead atoms. The summed E-state index contributed by atoms with van der Waals surface area (Å²) in [4.78, 5) is 30.9. The van der Waals surface area contributed by atoms with Crippen LogP contribution in [0.3, 0.4) is 0 Å². The number of benzene rings is 2. The Hall–Kier alpha value is -2.86. The smallest absolute Gasteiger partial charge is 0.251 e. The summed E-state index contributed by atoms with van der Waals surface area (Å²) in [5, 5.41) is 2.72. The van der Waals surface area contributed by atoms with Crippen molar-refractivity contribution < 1.29 is 9.59 Å². The summed E-state index contributed by atoms with van der Waals surface area (Å²) in [7, 11) is 0. The van der Waals surface area contributed by atoms with Crippen LogP contribution < -0.4 is 10.2 Å². The minimum Gasteiger partial charge on any atom is -0.301 e. The summed E-state index contributed by atoms with van der Waals surface area (Å²) in [6.45, 7) is 4.41. The monoisotopic (exact) mass is 379 g/mol. The SMILES string of the molecule is Cc1ccc(N2C(=O)[C@H](C=NCCc3ccccc3)C(=O)NC2=S)c(C)c1. The van der Waals surface area contributed by atoms with Crippen molar-refractivity contribution in [1.82, 2.24) is 5.32 Å². The zero-order valence-corrected chi connectivity index (χ0v) is 16.1. The van der Waals surface area contributed by atoms with E-state index >= 15 is 0 Å². The van der Waals surface area contributed by atoms with E-state index in [4.69, 9.17) is 12.2 Å². The standard InChI is InChI=1S/C21H21N3O2S/c1-14-8-9-18(15(2)12-14)24-20(26)17(19(25)23-21(24)27)13-22-11-10-16-6-4-3-5-7-16/h3-9,12-13,17H,10-11H2,1-2H3,(H,23,25,27)/t17-/m1/s1. The first kappa shape index (κ1) is 18.9. The number of nitrogens with one attached hydrogen (secondary N) is 1. The van der Waals surface area contributed by atoms with Gasteiger partial charge in [-0.05, 0) is 49.7 Å². The molecule has 138 valence electrons. The third-order valence-electron chi connectivity index (χ3n) is 4.42. The highest BCUT2D eigenvalue weighted by Gasteiger charge is 2.38. The molecule has 3 rings (SSSR count). The predicted octanol–water partition coefficient (Wildman–Crippen LogP) is 2.98. The van der Waals surface area contributed by atoms with Gasteiger partial charge in [-0.3, -0.25) is 19.5 Å². The molecule has 0 radical (unpaired) electrons. The summed E-state index contributed by atoms with van der Waals surface area (Å²) >= 11 is 5.24. The molecule has 0 spiro atoms. The normalized spacial score (nSPS) is 17.5. The Morgan fingerprint density at radius 1 is 1.15 bits per heavy atom. The molecule has 6 heteroatoms. The number of carbonyl (C=O) groups excluding carboxylic acids is 2. The Morgan fingerprint density at radius 2 is 1.89 bits per heavy atom. The van der Waals surface area contributed by atoms with E-state index in [-0.39, 0.29) is 11.0 Å². The second-order valence-corrected chi connectivity index (χ2v) is 6.91. The number of thiocarbonyl (C=S) groups is 1. The zero-order valence-electron chi connectivity index (χ0n) is 15.3. The number of amides is 2. The van der Waals surface area contributed by atoms with Crippen molar-refractivity contribution in [2.24, 2.45) is 10.9 Å². The quantitative estimate of drug-likeness (QED) is 0.494. The van der Waals surface area contributed by atoms with Crippen LogP contribution in [0.15, 0.2) is 53.5 Å². The minimum absolute atomic E-state index is 0.103. The third-order valence-corrected chi connectivity index (χ3v) is 4.71. The zero-order chi connectivity index (χ0) is 19.4. The minimum atomic E-state index is -0.979. The molecule has 1 aliphatic heterocycles. The summed E-state index contributed by atoms with van der Waals surface area (Å²) in [6.07, 6.45) is 2.18. The van der Waals surface area contributed by atoms with Crippen molar-refractivity contribution in [3.05, 3.63) is 65.2 Å². The molecule has 0 aliphatic carbocycles. The van der Waals surface area contributed by atoms with Crippen molar-refractivity contribution in [2.45, 2.75) is 20.3 Å². The molecule has 1 atom stereocenters. The van der Waals surface area contributed by atoms with Gasteiger partial charge < -0.3 is 5.32 Å². The third kappa shape index (κ3) is 4.28. The Kier molecular flexibility index (Phi) is 5.76. The summed E-state index contributed by atoms with van der Waals surface area (Å²) in [5.41, 5.74) is 3.85. The predicted molar refractivity (Wildman–Crippen MR) is 111 cm³/mol. The van der Waals surface area contributed by atoms with Crippen LogP contribution in [0.1, 0.15) is 16.7 Å². The average Bonchev–Trinajstić information content (AvgIpc) is 2.63. The lowest BCUT2D eigenvalue weighted by Gasteiger charge is -2.32. The Labute approximate surface area is 164 Å². The largest absolute Gasteiger partial charge is 0.301 e. The van der Waals surface area contributed by atoms with E-state index in [1.807, 2.05) is 62.4 Å². The van der Waals surface area contributed by atoms with E-state index in [9.17, 15) is 9.59 Å². The molecule has 1 heterocycles. The van der Waals surface area contributed by atoms with Gasteiger partial charge in [-0.15, -0.1) is 0 Å². The van der Waals surface area contributed by atoms with E-state index < -0.39 is 11.8 Å². The number of nitrogens with zero attached hydrogens (tertiary/aromatic N) is 2. The van der Waals surface area contributed by atoms with E-state index in [1.54, 1.807) is 0 Å². The molecule has 1 aliphatic rings. The van der Waals surface area contributed by atoms with Crippen LogP contribution in [-0.4, -0.2) is 29.7 Å². The van der Waals surface area contributed by atoms with E-state index in [1.165, 1.54) is 11.1 Å². The molecule has 0 saturated carbocycles. The maximum atomic E-state index is 12.9. The second-order valence-electron chi connectivity index (χ2n) is 6.53. The first-order chi connectivity index (χ1) is 13.0. The molecule has 2 aromatic rings. The van der Waals surface area contributed by atoms with Crippen LogP contribution in [0.2, 0.25) is 0 Å². The summed E-state index contributed by atoms with van der Waals surface area (Å²) in [6, 6.07) is 15.7. The van der Waals surface area contributed by atoms with Gasteiger partial charge >= 0.3 is 0 Å². The summed E-state index contributed by atoms with van der Waals surface area (Å²) < 4.78 is 0. The van der Waals surface area contributed by atoms with Gasteiger partial charge in [0.25, 0.3) is 5.91 Å². The molecular weight excluding hydrogens is 358 g/mol. The van der Waals surface area contributed by atoms with Crippen LogP contribution in [0.25, 0.3) is 0 Å². The number of aliphatic imine (C=N–C) groups is 1. The average molecular weight is 379 g/mol. The van der Waals surface area contributed by atoms with Gasteiger partial charge in [0.05, 0.1) is 5.69 Å². The second kappa shape index (κ2) is 8.22. The van der Waals surface area contributed by atoms with Gasteiger partial charge in [0, 0.05) is 12.8 Å². The van der Waals surface area contributed by atoms with Crippen molar-refractivity contribution in [1.29, 1.82) is 0 Å². The van der Waals surface area contributed by atoms with E-state index in [2.05, 4.69) is 10.3 Å². The lowest BCUT2D eigenvalue weighted by atomic mass is 10.0. The topological polar surface area (TPSA) is 61.8 Å². The van der Waals surface area contributed by atoms with Crippen LogP contribution in [-0.2, 0) is 16.0 Å². The number of aryl methyl sites for hydroxylation is 2. The molecule has 0 aromatic heterocycles. The number of anilines is 1. The number of hydrogen-bond donors (Lipinski definition) is 1.